The average molecular weight is 232 g/mol. The van der Waals surface area contributed by atoms with Crippen LogP contribution in [0.3, 0.4) is 0 Å². The van der Waals surface area contributed by atoms with E-state index >= 15 is 0 Å². The van der Waals surface area contributed by atoms with Gasteiger partial charge in [-0.2, -0.15) is 0 Å². The van der Waals surface area contributed by atoms with Crippen LogP contribution in [0.1, 0.15) is 19.8 Å². The van der Waals surface area contributed by atoms with E-state index in [4.69, 9.17) is 10.2 Å². The molecule has 0 radical (unpaired) electrons. The molecule has 94 valence electrons. The summed E-state index contributed by atoms with van der Waals surface area (Å²) in [5, 5.41) is 22.0. The second-order valence-electron chi connectivity index (χ2n) is 3.37. The maximum absolute atomic E-state index is 11.6. The van der Waals surface area contributed by atoms with Crippen molar-refractivity contribution in [3.05, 3.63) is 0 Å². The van der Waals surface area contributed by atoms with E-state index in [0.29, 0.717) is 12.8 Å². The monoisotopic (exact) mass is 232 g/mol. The number of hydrogen-bond acceptors (Lipinski definition) is 4. The van der Waals surface area contributed by atoms with E-state index in [0.717, 1.165) is 0 Å². The Labute approximate surface area is 95.0 Å². The fraction of sp³-hybridized carbons (Fsp3) is 0.800. The van der Waals surface area contributed by atoms with Gasteiger partial charge in [0.2, 0.25) is 11.8 Å². The number of hydrogen-bond donors (Lipinski definition) is 4. The lowest BCUT2D eigenvalue weighted by atomic mass is 10.0. The Bertz CT molecular complexity index is 201. The zero-order valence-electron chi connectivity index (χ0n) is 9.53. The highest BCUT2D eigenvalue weighted by atomic mass is 16.3. The third-order valence-electron chi connectivity index (χ3n) is 2.03. The minimum absolute atomic E-state index is 0.145. The van der Waals surface area contributed by atoms with Crippen molar-refractivity contribution in [2.45, 2.75) is 19.8 Å². The highest BCUT2D eigenvalue weighted by Crippen LogP contribution is 2.06. The predicted octanol–water partition coefficient (Wildman–Crippen LogP) is -1.38. The SMILES string of the molecule is CCCC(C(=O)NCCO)C(=O)NCCO. The molecule has 0 spiro atoms. The molecule has 4 N–H and O–H groups in total. The zero-order chi connectivity index (χ0) is 12.4. The van der Waals surface area contributed by atoms with Gasteiger partial charge in [-0.3, -0.25) is 9.59 Å². The summed E-state index contributed by atoms with van der Waals surface area (Å²) in [5.74, 6) is -1.51. The second-order valence-corrected chi connectivity index (χ2v) is 3.37. The summed E-state index contributed by atoms with van der Waals surface area (Å²) in [4.78, 5) is 23.1. The number of rotatable bonds is 8. The molecule has 0 heterocycles. The summed E-state index contributed by atoms with van der Waals surface area (Å²) < 4.78 is 0. The minimum Gasteiger partial charge on any atom is -0.395 e. The van der Waals surface area contributed by atoms with E-state index in [1.807, 2.05) is 6.92 Å². The van der Waals surface area contributed by atoms with Gasteiger partial charge in [0.25, 0.3) is 0 Å². The molecular weight excluding hydrogens is 212 g/mol. The van der Waals surface area contributed by atoms with Crippen LogP contribution in [0.15, 0.2) is 0 Å². The van der Waals surface area contributed by atoms with E-state index < -0.39 is 5.92 Å². The first kappa shape index (κ1) is 14.9. The standard InChI is InChI=1S/C10H20N2O4/c1-2-3-8(9(15)11-4-6-13)10(16)12-5-7-14/h8,13-14H,2-7H2,1H3,(H,11,15)(H,12,16). The molecule has 0 unspecified atom stereocenters. The number of aliphatic hydroxyl groups is 2. The van der Waals surface area contributed by atoms with Gasteiger partial charge >= 0.3 is 0 Å². The Balaban J connectivity index is 4.22. The summed E-state index contributed by atoms with van der Waals surface area (Å²) in [7, 11) is 0. The molecule has 0 aromatic heterocycles. The minimum atomic E-state index is -0.747. The normalized spacial score (nSPS) is 10.2. The number of amides is 2. The fourth-order valence-corrected chi connectivity index (χ4v) is 1.27. The van der Waals surface area contributed by atoms with Crippen LogP contribution in [0.25, 0.3) is 0 Å². The van der Waals surface area contributed by atoms with Crippen LogP contribution < -0.4 is 10.6 Å². The summed E-state index contributed by atoms with van der Waals surface area (Å²) >= 11 is 0. The third-order valence-corrected chi connectivity index (χ3v) is 2.03. The molecule has 0 aromatic carbocycles. The predicted molar refractivity (Wildman–Crippen MR) is 58.6 cm³/mol. The fourth-order valence-electron chi connectivity index (χ4n) is 1.27. The largest absolute Gasteiger partial charge is 0.395 e. The second kappa shape index (κ2) is 9.11. The highest BCUT2D eigenvalue weighted by Gasteiger charge is 2.24. The van der Waals surface area contributed by atoms with Crippen LogP contribution in [0.4, 0.5) is 0 Å². The highest BCUT2D eigenvalue weighted by molar-refractivity contribution is 6.00. The Kier molecular flexibility index (Phi) is 8.46. The van der Waals surface area contributed by atoms with Gasteiger partial charge in [-0.05, 0) is 6.42 Å². The summed E-state index contributed by atoms with van der Waals surface area (Å²) in [5.41, 5.74) is 0. The average Bonchev–Trinajstić information content (AvgIpc) is 2.29. The molecule has 6 heteroatoms. The first-order chi connectivity index (χ1) is 7.67. The van der Waals surface area contributed by atoms with Crippen LogP contribution >= 0.6 is 0 Å². The molecule has 0 fully saturated rings. The van der Waals surface area contributed by atoms with Crippen LogP contribution in [0, 0.1) is 5.92 Å². The molecule has 0 bridgehead atoms. The van der Waals surface area contributed by atoms with E-state index in [1.54, 1.807) is 0 Å². The number of aliphatic hydroxyl groups excluding tert-OH is 2. The smallest absolute Gasteiger partial charge is 0.232 e. The van der Waals surface area contributed by atoms with Crippen molar-refractivity contribution in [2.24, 2.45) is 5.92 Å². The summed E-state index contributed by atoms with van der Waals surface area (Å²) in [6.07, 6.45) is 1.16. The van der Waals surface area contributed by atoms with Gasteiger partial charge in [0.15, 0.2) is 0 Å². The van der Waals surface area contributed by atoms with Crippen molar-refractivity contribution >= 4 is 11.8 Å². The van der Waals surface area contributed by atoms with Gasteiger partial charge in [-0.25, -0.2) is 0 Å². The maximum Gasteiger partial charge on any atom is 0.232 e. The quantitative estimate of drug-likeness (QED) is 0.388. The Hall–Kier alpha value is -1.14. The van der Waals surface area contributed by atoms with E-state index in [2.05, 4.69) is 10.6 Å². The van der Waals surface area contributed by atoms with Gasteiger partial charge in [-0.1, -0.05) is 13.3 Å². The first-order valence-electron chi connectivity index (χ1n) is 5.44. The van der Waals surface area contributed by atoms with Crippen molar-refractivity contribution in [3.8, 4) is 0 Å². The molecule has 0 atom stereocenters. The molecule has 0 rings (SSSR count). The Morgan fingerprint density at radius 2 is 1.50 bits per heavy atom. The molecule has 16 heavy (non-hydrogen) atoms. The molecule has 0 aliphatic rings. The lowest BCUT2D eigenvalue weighted by molar-refractivity contribution is -0.135. The van der Waals surface area contributed by atoms with Crippen LogP contribution in [-0.4, -0.2) is 48.3 Å². The molecule has 0 saturated heterocycles. The van der Waals surface area contributed by atoms with Crippen LogP contribution in [0.2, 0.25) is 0 Å². The molecule has 0 aliphatic carbocycles. The third kappa shape index (κ3) is 5.67. The van der Waals surface area contributed by atoms with E-state index in [-0.39, 0.29) is 38.1 Å². The lowest BCUT2D eigenvalue weighted by Crippen LogP contribution is -2.42. The van der Waals surface area contributed by atoms with Crippen LogP contribution in [0.5, 0.6) is 0 Å². The molecule has 0 aromatic rings. The van der Waals surface area contributed by atoms with E-state index in [9.17, 15) is 9.59 Å². The molecule has 2 amide bonds. The molecule has 0 aliphatic heterocycles. The number of nitrogens with one attached hydrogen (secondary N) is 2. The van der Waals surface area contributed by atoms with Crippen molar-refractivity contribution in [1.29, 1.82) is 0 Å². The van der Waals surface area contributed by atoms with Gasteiger partial charge in [0.05, 0.1) is 13.2 Å². The number of carbonyl (C=O) groups excluding carboxylic acids is 2. The van der Waals surface area contributed by atoms with Gasteiger partial charge < -0.3 is 20.8 Å². The van der Waals surface area contributed by atoms with Crippen molar-refractivity contribution < 1.29 is 19.8 Å². The Morgan fingerprint density at radius 3 is 1.81 bits per heavy atom. The Morgan fingerprint density at radius 1 is 1.06 bits per heavy atom. The zero-order valence-corrected chi connectivity index (χ0v) is 9.53. The molecule has 6 nitrogen and oxygen atoms in total. The molecule has 0 saturated carbocycles. The van der Waals surface area contributed by atoms with Crippen molar-refractivity contribution in [2.75, 3.05) is 26.3 Å². The lowest BCUT2D eigenvalue weighted by Gasteiger charge is -2.15. The summed E-state index contributed by atoms with van der Waals surface area (Å²) in [6.45, 7) is 1.87. The summed E-state index contributed by atoms with van der Waals surface area (Å²) in [6, 6.07) is 0. The van der Waals surface area contributed by atoms with Gasteiger partial charge in [0.1, 0.15) is 5.92 Å². The maximum atomic E-state index is 11.6. The van der Waals surface area contributed by atoms with Gasteiger partial charge in [-0.15, -0.1) is 0 Å². The first-order valence-corrected chi connectivity index (χ1v) is 5.44. The van der Waals surface area contributed by atoms with Crippen LogP contribution in [-0.2, 0) is 9.59 Å². The van der Waals surface area contributed by atoms with Crippen molar-refractivity contribution in [1.82, 2.24) is 10.6 Å². The van der Waals surface area contributed by atoms with Crippen molar-refractivity contribution in [3.63, 3.8) is 0 Å². The topological polar surface area (TPSA) is 98.7 Å². The van der Waals surface area contributed by atoms with E-state index in [1.165, 1.54) is 0 Å². The van der Waals surface area contributed by atoms with Gasteiger partial charge in [0, 0.05) is 13.1 Å². The number of carbonyl (C=O) groups is 2. The molecular formula is C10H20N2O4.